The fraction of sp³-hybridized carbons (Fsp3) is 0.409. The van der Waals surface area contributed by atoms with Crippen LogP contribution >= 0.6 is 0 Å². The molecule has 0 bridgehead atoms. The highest BCUT2D eigenvalue weighted by Gasteiger charge is 2.32. The number of ether oxygens (including phenoxy) is 1. The molecule has 0 aliphatic heterocycles. The molecular weight excluding hydrogens is 388 g/mol. The van der Waals surface area contributed by atoms with Crippen LogP contribution in [0.5, 0.6) is 5.75 Å². The number of carbonyl (C=O) groups is 1. The van der Waals surface area contributed by atoms with Crippen LogP contribution in [0.25, 0.3) is 0 Å². The van der Waals surface area contributed by atoms with Gasteiger partial charge in [0.1, 0.15) is 11.8 Å². The highest BCUT2D eigenvalue weighted by Crippen LogP contribution is 2.32. The SMILES string of the molecule is COc1ccc(C)cc1N([C@@H](C)C(=O)N[C@@H](C)c1ccc(C)c(C)c1)S(C)(=O)=O. The predicted molar refractivity (Wildman–Crippen MR) is 117 cm³/mol. The van der Waals surface area contributed by atoms with Crippen LogP contribution in [-0.2, 0) is 14.8 Å². The van der Waals surface area contributed by atoms with E-state index < -0.39 is 16.1 Å². The van der Waals surface area contributed by atoms with Crippen molar-refractivity contribution in [3.8, 4) is 5.75 Å². The molecule has 2 rings (SSSR count). The third-order valence-electron chi connectivity index (χ3n) is 5.05. The monoisotopic (exact) mass is 418 g/mol. The highest BCUT2D eigenvalue weighted by molar-refractivity contribution is 7.92. The van der Waals surface area contributed by atoms with Crippen LogP contribution in [0, 0.1) is 20.8 Å². The molecule has 0 heterocycles. The van der Waals surface area contributed by atoms with E-state index in [1.165, 1.54) is 12.7 Å². The number of sulfonamides is 1. The third kappa shape index (κ3) is 5.29. The first-order valence-corrected chi connectivity index (χ1v) is 11.3. The number of anilines is 1. The topological polar surface area (TPSA) is 75.7 Å². The molecule has 0 saturated heterocycles. The van der Waals surface area contributed by atoms with Crippen molar-refractivity contribution in [3.63, 3.8) is 0 Å². The molecule has 158 valence electrons. The Balaban J connectivity index is 2.34. The van der Waals surface area contributed by atoms with Crippen molar-refractivity contribution in [1.82, 2.24) is 5.32 Å². The number of hydrogen-bond acceptors (Lipinski definition) is 4. The standard InChI is InChI=1S/C22H30N2O4S/c1-14-8-11-21(28-6)20(12-14)24(29(7,26)27)18(5)22(25)23-17(4)19-10-9-15(2)16(3)13-19/h8-13,17-18H,1-7H3,(H,23,25)/t17-,18-/m0/s1. The van der Waals surface area contributed by atoms with Gasteiger partial charge in [0.15, 0.2) is 0 Å². The Kier molecular flexibility index (Phi) is 6.95. The van der Waals surface area contributed by atoms with Crippen molar-refractivity contribution >= 4 is 21.6 Å². The van der Waals surface area contributed by atoms with Gasteiger partial charge in [-0.1, -0.05) is 24.3 Å². The number of aryl methyl sites for hydroxylation is 3. The van der Waals surface area contributed by atoms with Gasteiger partial charge < -0.3 is 10.1 Å². The zero-order chi connectivity index (χ0) is 21.9. The van der Waals surface area contributed by atoms with E-state index in [0.29, 0.717) is 11.4 Å². The van der Waals surface area contributed by atoms with Gasteiger partial charge in [-0.2, -0.15) is 0 Å². The van der Waals surface area contributed by atoms with Crippen LogP contribution < -0.4 is 14.4 Å². The lowest BCUT2D eigenvalue weighted by atomic mass is 10.0. The molecule has 1 amide bonds. The van der Waals surface area contributed by atoms with Crippen LogP contribution in [0.3, 0.4) is 0 Å². The Morgan fingerprint density at radius 3 is 2.24 bits per heavy atom. The second-order valence-electron chi connectivity index (χ2n) is 7.48. The molecule has 0 aromatic heterocycles. The molecule has 29 heavy (non-hydrogen) atoms. The zero-order valence-electron chi connectivity index (χ0n) is 18.1. The summed E-state index contributed by atoms with van der Waals surface area (Å²) in [6.45, 7) is 9.36. The summed E-state index contributed by atoms with van der Waals surface area (Å²) in [6, 6.07) is 10.0. The molecule has 6 nitrogen and oxygen atoms in total. The Hall–Kier alpha value is -2.54. The van der Waals surface area contributed by atoms with E-state index >= 15 is 0 Å². The third-order valence-corrected chi connectivity index (χ3v) is 6.28. The average molecular weight is 419 g/mol. The summed E-state index contributed by atoms with van der Waals surface area (Å²) < 4.78 is 31.6. The first-order chi connectivity index (χ1) is 13.5. The number of hydrogen-bond donors (Lipinski definition) is 1. The molecule has 2 atom stereocenters. The lowest BCUT2D eigenvalue weighted by molar-refractivity contribution is -0.122. The van der Waals surface area contributed by atoms with Gasteiger partial charge in [0.2, 0.25) is 15.9 Å². The summed E-state index contributed by atoms with van der Waals surface area (Å²) in [6.07, 6.45) is 1.09. The number of amides is 1. The van der Waals surface area contributed by atoms with Crippen molar-refractivity contribution in [1.29, 1.82) is 0 Å². The second-order valence-corrected chi connectivity index (χ2v) is 9.34. The average Bonchev–Trinajstić information content (AvgIpc) is 2.63. The van der Waals surface area contributed by atoms with Crippen molar-refractivity contribution < 1.29 is 17.9 Å². The van der Waals surface area contributed by atoms with Crippen molar-refractivity contribution in [2.75, 3.05) is 17.7 Å². The largest absolute Gasteiger partial charge is 0.495 e. The Labute approximate surface area is 173 Å². The minimum absolute atomic E-state index is 0.259. The maximum Gasteiger partial charge on any atom is 0.244 e. The quantitative estimate of drug-likeness (QED) is 0.745. The van der Waals surface area contributed by atoms with Crippen LogP contribution in [0.1, 0.15) is 42.1 Å². The second kappa shape index (κ2) is 8.86. The summed E-state index contributed by atoms with van der Waals surface area (Å²) in [5, 5.41) is 2.93. The fourth-order valence-electron chi connectivity index (χ4n) is 3.20. The summed E-state index contributed by atoms with van der Waals surface area (Å²) in [7, 11) is -2.26. The van der Waals surface area contributed by atoms with Gasteiger partial charge in [-0.15, -0.1) is 0 Å². The maximum atomic E-state index is 13.0. The predicted octanol–water partition coefficient (Wildman–Crippen LogP) is 3.65. The van der Waals surface area contributed by atoms with E-state index in [1.807, 2.05) is 52.0 Å². The number of rotatable bonds is 7. The van der Waals surface area contributed by atoms with Crippen LogP contribution in [0.15, 0.2) is 36.4 Å². The van der Waals surface area contributed by atoms with Gasteiger partial charge >= 0.3 is 0 Å². The van der Waals surface area contributed by atoms with E-state index in [1.54, 1.807) is 19.1 Å². The minimum Gasteiger partial charge on any atom is -0.495 e. The first-order valence-electron chi connectivity index (χ1n) is 9.47. The molecule has 0 fully saturated rings. The van der Waals surface area contributed by atoms with E-state index in [2.05, 4.69) is 5.32 Å². The number of nitrogens with zero attached hydrogens (tertiary/aromatic N) is 1. The molecule has 0 aliphatic rings. The fourth-order valence-corrected chi connectivity index (χ4v) is 4.37. The lowest BCUT2D eigenvalue weighted by Gasteiger charge is -2.30. The maximum absolute atomic E-state index is 13.0. The van der Waals surface area contributed by atoms with E-state index in [9.17, 15) is 13.2 Å². The van der Waals surface area contributed by atoms with Crippen LogP contribution in [0.2, 0.25) is 0 Å². The molecule has 2 aromatic rings. The molecule has 2 aromatic carbocycles. The summed E-state index contributed by atoms with van der Waals surface area (Å²) in [5.74, 6) is 0.00703. The summed E-state index contributed by atoms with van der Waals surface area (Å²) in [5.41, 5.74) is 4.49. The summed E-state index contributed by atoms with van der Waals surface area (Å²) >= 11 is 0. The molecule has 0 unspecified atom stereocenters. The van der Waals surface area contributed by atoms with Crippen molar-refractivity contribution in [2.45, 2.75) is 46.7 Å². The van der Waals surface area contributed by atoms with Gasteiger partial charge in [0.25, 0.3) is 0 Å². The normalized spacial score (nSPS) is 13.5. The number of nitrogens with one attached hydrogen (secondary N) is 1. The van der Waals surface area contributed by atoms with E-state index in [-0.39, 0.29) is 11.9 Å². The first kappa shape index (κ1) is 22.7. The van der Waals surface area contributed by atoms with Gasteiger partial charge in [0.05, 0.1) is 25.1 Å². The molecule has 0 spiro atoms. The Bertz CT molecular complexity index is 1000. The molecule has 7 heteroatoms. The van der Waals surface area contributed by atoms with Gasteiger partial charge in [-0.25, -0.2) is 8.42 Å². The van der Waals surface area contributed by atoms with Gasteiger partial charge in [0, 0.05) is 0 Å². The van der Waals surface area contributed by atoms with E-state index in [4.69, 9.17) is 4.74 Å². The van der Waals surface area contributed by atoms with Crippen molar-refractivity contribution in [2.24, 2.45) is 0 Å². The smallest absolute Gasteiger partial charge is 0.244 e. The number of benzene rings is 2. The molecule has 0 radical (unpaired) electrons. The van der Waals surface area contributed by atoms with E-state index in [0.717, 1.165) is 27.3 Å². The van der Waals surface area contributed by atoms with Crippen LogP contribution in [-0.4, -0.2) is 33.7 Å². The van der Waals surface area contributed by atoms with Crippen molar-refractivity contribution in [3.05, 3.63) is 58.7 Å². The number of carbonyl (C=O) groups excluding carboxylic acids is 1. The summed E-state index contributed by atoms with van der Waals surface area (Å²) in [4.78, 5) is 13.0. The Morgan fingerprint density at radius 1 is 1.03 bits per heavy atom. The highest BCUT2D eigenvalue weighted by atomic mass is 32.2. The van der Waals surface area contributed by atoms with Crippen LogP contribution in [0.4, 0.5) is 5.69 Å². The molecule has 0 aliphatic carbocycles. The minimum atomic E-state index is -3.73. The lowest BCUT2D eigenvalue weighted by Crippen LogP contribution is -2.48. The Morgan fingerprint density at radius 2 is 1.69 bits per heavy atom. The molecule has 0 saturated carbocycles. The van der Waals surface area contributed by atoms with Gasteiger partial charge in [-0.3, -0.25) is 9.10 Å². The number of methoxy groups -OCH3 is 1. The zero-order valence-corrected chi connectivity index (χ0v) is 18.9. The molecule has 1 N–H and O–H groups in total. The van der Waals surface area contributed by atoms with Gasteiger partial charge in [-0.05, 0) is 69.0 Å². The molecular formula is C22H30N2O4S.